The van der Waals surface area contributed by atoms with Gasteiger partial charge in [-0.25, -0.2) is 18.4 Å². The van der Waals surface area contributed by atoms with E-state index in [1.54, 1.807) is 17.4 Å². The summed E-state index contributed by atoms with van der Waals surface area (Å²) in [6, 6.07) is 14.2. The van der Waals surface area contributed by atoms with Crippen LogP contribution in [0.3, 0.4) is 0 Å². The molecular weight excluding hydrogens is 487 g/mol. The van der Waals surface area contributed by atoms with Crippen molar-refractivity contribution in [2.24, 2.45) is 0 Å². The molecule has 4 rings (SSSR count). The number of nitriles is 1. The Kier molecular flexibility index (Phi) is 7.77. The predicted molar refractivity (Wildman–Crippen MR) is 135 cm³/mol. The van der Waals surface area contributed by atoms with Crippen LogP contribution in [-0.4, -0.2) is 40.2 Å². The number of anilines is 1. The number of aryl methyl sites for hydroxylation is 1. The molecule has 1 aliphatic heterocycles. The first-order valence-corrected chi connectivity index (χ1v) is 12.4. The van der Waals surface area contributed by atoms with Gasteiger partial charge in [0.2, 0.25) is 11.8 Å². The monoisotopic (exact) mass is 510 g/mol. The second-order valence-electron chi connectivity index (χ2n) is 7.97. The summed E-state index contributed by atoms with van der Waals surface area (Å²) in [5.74, 6) is -1.21. The molecule has 3 aromatic rings. The topological polar surface area (TPSA) is 110 Å². The van der Waals surface area contributed by atoms with Crippen molar-refractivity contribution in [2.45, 2.75) is 32.0 Å². The zero-order valence-corrected chi connectivity index (χ0v) is 20.7. The first-order chi connectivity index (χ1) is 16.9. The second kappa shape index (κ2) is 11.0. The molecule has 1 fully saturated rings. The van der Waals surface area contributed by atoms with Crippen LogP contribution < -0.4 is 15.4 Å². The number of benzene rings is 2. The molecule has 3 N–H and O–H groups in total. The van der Waals surface area contributed by atoms with Crippen molar-refractivity contribution < 1.29 is 14.0 Å². The summed E-state index contributed by atoms with van der Waals surface area (Å²) in [6.07, 6.45) is 0.240. The lowest BCUT2D eigenvalue weighted by Gasteiger charge is -2.34. The highest BCUT2D eigenvalue weighted by Gasteiger charge is 2.35. The maximum Gasteiger partial charge on any atom is 0.242 e. The number of likely N-dealkylation sites (N-methyl/N-ethyl adjacent to an activating group) is 1. The Morgan fingerprint density at radius 2 is 2.03 bits per heavy atom. The van der Waals surface area contributed by atoms with Gasteiger partial charge in [0.25, 0.3) is 0 Å². The van der Waals surface area contributed by atoms with E-state index in [1.807, 2.05) is 37.3 Å². The predicted octanol–water partition coefficient (Wildman–Crippen LogP) is 3.61. The lowest BCUT2D eigenvalue weighted by Crippen LogP contribution is -2.53. The summed E-state index contributed by atoms with van der Waals surface area (Å²) in [6.45, 7) is 2.26. The average Bonchev–Trinajstić information content (AvgIpc) is 3.24. The number of halogens is 1. The molecule has 35 heavy (non-hydrogen) atoms. The summed E-state index contributed by atoms with van der Waals surface area (Å²) in [5, 5.41) is 15.6. The van der Waals surface area contributed by atoms with Gasteiger partial charge in [0.15, 0.2) is 0 Å². The molecule has 2 amide bonds. The summed E-state index contributed by atoms with van der Waals surface area (Å²) in [5.41, 5.74) is 2.07. The molecule has 180 valence electrons. The maximum absolute atomic E-state index is 13.6. The van der Waals surface area contributed by atoms with Crippen molar-refractivity contribution in [1.29, 1.82) is 5.26 Å². The quantitative estimate of drug-likeness (QED) is 0.435. The first-order valence-electron chi connectivity index (χ1n) is 10.8. The Hall–Kier alpha value is -3.30. The Morgan fingerprint density at radius 1 is 1.26 bits per heavy atom. The Labute approximate surface area is 210 Å². The number of amides is 2. The molecular formula is C24H23FN6O2S2. The molecule has 2 unspecified atom stereocenters. The largest absolute Gasteiger partial charge is 0.350 e. The number of hydrogen-bond donors (Lipinski definition) is 3. The number of rotatable bonds is 6. The molecule has 0 bridgehead atoms. The van der Waals surface area contributed by atoms with Gasteiger partial charge in [-0.3, -0.25) is 9.59 Å². The van der Waals surface area contributed by atoms with E-state index < -0.39 is 17.9 Å². The third kappa shape index (κ3) is 5.86. The van der Waals surface area contributed by atoms with Gasteiger partial charge in [-0.2, -0.15) is 5.26 Å². The lowest BCUT2D eigenvalue weighted by molar-refractivity contribution is -0.124. The highest BCUT2D eigenvalue weighted by molar-refractivity contribution is 7.95. The molecule has 11 heteroatoms. The molecule has 1 saturated heterocycles. The summed E-state index contributed by atoms with van der Waals surface area (Å²) in [7, 11) is 1.74. The second-order valence-corrected chi connectivity index (χ2v) is 10.0. The zero-order valence-electron chi connectivity index (χ0n) is 19.0. The Bertz CT molecular complexity index is 1280. The van der Waals surface area contributed by atoms with Crippen LogP contribution in [0, 0.1) is 24.1 Å². The fourth-order valence-corrected chi connectivity index (χ4v) is 5.38. The lowest BCUT2D eigenvalue weighted by atomic mass is 10.1. The Balaban J connectivity index is 1.37. The van der Waals surface area contributed by atoms with Crippen molar-refractivity contribution in [1.82, 2.24) is 19.3 Å². The number of hydrogen-bond acceptors (Lipinski definition) is 8. The number of aromatic nitrogens is 1. The van der Waals surface area contributed by atoms with E-state index in [1.165, 1.54) is 35.6 Å². The fourth-order valence-electron chi connectivity index (χ4n) is 3.56. The van der Waals surface area contributed by atoms with Crippen LogP contribution in [0.5, 0.6) is 0 Å². The van der Waals surface area contributed by atoms with Gasteiger partial charge in [0, 0.05) is 28.3 Å². The molecule has 0 aliphatic carbocycles. The summed E-state index contributed by atoms with van der Waals surface area (Å²) >= 11 is 2.72. The molecule has 1 aliphatic rings. The highest BCUT2D eigenvalue weighted by atomic mass is 32.2. The van der Waals surface area contributed by atoms with Gasteiger partial charge in [0.1, 0.15) is 22.9 Å². The van der Waals surface area contributed by atoms with Gasteiger partial charge in [-0.05, 0) is 38.6 Å². The average molecular weight is 511 g/mol. The van der Waals surface area contributed by atoms with Crippen molar-refractivity contribution >= 4 is 41.0 Å². The van der Waals surface area contributed by atoms with Crippen molar-refractivity contribution in [3.05, 3.63) is 70.5 Å². The van der Waals surface area contributed by atoms with Crippen LogP contribution in [0.15, 0.2) is 48.5 Å². The first kappa shape index (κ1) is 24.8. The molecule has 1 aromatic heterocycles. The van der Waals surface area contributed by atoms with Crippen LogP contribution in [0.2, 0.25) is 0 Å². The van der Waals surface area contributed by atoms with Crippen LogP contribution >= 0.6 is 23.5 Å². The van der Waals surface area contributed by atoms with E-state index in [0.29, 0.717) is 12.2 Å². The normalized spacial score (nSPS) is 18.0. The maximum atomic E-state index is 13.6. The van der Waals surface area contributed by atoms with E-state index in [0.717, 1.165) is 27.2 Å². The van der Waals surface area contributed by atoms with Crippen molar-refractivity contribution in [3.63, 3.8) is 0 Å². The molecule has 0 radical (unpaired) electrons. The minimum Gasteiger partial charge on any atom is -0.350 e. The van der Waals surface area contributed by atoms with Crippen molar-refractivity contribution in [2.75, 3.05) is 12.4 Å². The number of thiazole rings is 1. The van der Waals surface area contributed by atoms with E-state index in [-0.39, 0.29) is 23.8 Å². The van der Waals surface area contributed by atoms with Crippen molar-refractivity contribution in [3.8, 4) is 16.6 Å². The van der Waals surface area contributed by atoms with Crippen LogP contribution in [-0.2, 0) is 16.1 Å². The van der Waals surface area contributed by atoms with Gasteiger partial charge in [-0.1, -0.05) is 30.3 Å². The SMILES string of the molecule is Cc1nc(-c2ccccc2)sc1CNC(=O)C1CC(C(=O)Nc2ccc(F)c(C#N)c2)N(C)SN1. The standard InChI is InChI=1S/C24H23FN6O2S2/c1-14-21(34-24(28-14)15-6-4-3-5-7-15)13-27-22(32)19-11-20(31(2)35-30-19)23(33)29-17-8-9-18(25)16(10-17)12-26/h3-10,19-20,30H,11,13H2,1-2H3,(H,27,32)(H,29,33). The molecule has 2 aromatic carbocycles. The minimum atomic E-state index is -0.649. The Morgan fingerprint density at radius 3 is 2.77 bits per heavy atom. The zero-order chi connectivity index (χ0) is 24.9. The van der Waals surface area contributed by atoms with Crippen LogP contribution in [0.25, 0.3) is 10.6 Å². The minimum absolute atomic E-state index is 0.151. The highest BCUT2D eigenvalue weighted by Crippen LogP contribution is 2.28. The third-order valence-corrected chi connectivity index (χ3v) is 7.69. The number of carbonyl (C=O) groups is 2. The van der Waals surface area contributed by atoms with E-state index in [9.17, 15) is 14.0 Å². The van der Waals surface area contributed by atoms with E-state index in [4.69, 9.17) is 5.26 Å². The molecule has 2 atom stereocenters. The molecule has 8 nitrogen and oxygen atoms in total. The third-order valence-electron chi connectivity index (χ3n) is 5.55. The molecule has 0 saturated carbocycles. The molecule has 0 spiro atoms. The van der Waals surface area contributed by atoms with E-state index in [2.05, 4.69) is 20.3 Å². The summed E-state index contributed by atoms with van der Waals surface area (Å²) in [4.78, 5) is 31.4. The van der Waals surface area contributed by atoms with Crippen LogP contribution in [0.4, 0.5) is 10.1 Å². The fraction of sp³-hybridized carbons (Fsp3) is 0.250. The number of nitrogens with zero attached hydrogens (tertiary/aromatic N) is 3. The van der Waals surface area contributed by atoms with E-state index >= 15 is 0 Å². The van der Waals surface area contributed by atoms with Gasteiger partial charge in [0.05, 0.1) is 23.8 Å². The van der Waals surface area contributed by atoms with Crippen LogP contribution in [0.1, 0.15) is 22.6 Å². The van der Waals surface area contributed by atoms with Gasteiger partial charge >= 0.3 is 0 Å². The van der Waals surface area contributed by atoms with Gasteiger partial charge in [-0.15, -0.1) is 11.3 Å². The summed E-state index contributed by atoms with van der Waals surface area (Å²) < 4.78 is 18.4. The smallest absolute Gasteiger partial charge is 0.242 e. The van der Waals surface area contributed by atoms with Gasteiger partial charge < -0.3 is 10.6 Å². The number of carbonyl (C=O) groups excluding carboxylic acids is 2. The number of nitrogens with one attached hydrogen (secondary N) is 3. The molecule has 2 heterocycles.